The van der Waals surface area contributed by atoms with E-state index in [0.29, 0.717) is 4.31 Å². The van der Waals surface area contributed by atoms with Crippen LogP contribution >= 0.6 is 0 Å². The first-order valence-electron chi connectivity index (χ1n) is 7.45. The molecule has 0 spiro atoms. The molecule has 2 aromatic rings. The molecule has 1 unspecified atom stereocenters. The van der Waals surface area contributed by atoms with Gasteiger partial charge in [-0.05, 0) is 23.8 Å². The lowest BCUT2D eigenvalue weighted by molar-refractivity contribution is -0.385. The number of methoxy groups -OCH3 is 1. The second kappa shape index (κ2) is 7.68. The monoisotopic (exact) mass is 397 g/mol. The van der Waals surface area contributed by atoms with Gasteiger partial charge in [0.05, 0.1) is 12.0 Å². The zero-order valence-electron chi connectivity index (χ0n) is 14.3. The Hall–Kier alpha value is -3.05. The number of nitrogens with zero attached hydrogens (tertiary/aromatic N) is 2. The smallest absolute Gasteiger partial charge is 0.271 e. The van der Waals surface area contributed by atoms with E-state index in [-0.39, 0.29) is 11.3 Å². The number of halogens is 1. The van der Waals surface area contributed by atoms with E-state index in [0.717, 1.165) is 37.4 Å². The Morgan fingerprint density at radius 2 is 1.96 bits per heavy atom. The number of hydrogen-bond acceptors (Lipinski definition) is 6. The Bertz CT molecular complexity index is 995. The number of likely N-dealkylation sites (N-methyl/N-ethyl adjacent to an activating group) is 1. The van der Waals surface area contributed by atoms with Crippen molar-refractivity contribution in [2.75, 3.05) is 14.2 Å². The first kappa shape index (κ1) is 20.3. The summed E-state index contributed by atoms with van der Waals surface area (Å²) in [5.41, 5.74) is 4.87. The molecule has 2 aromatic carbocycles. The van der Waals surface area contributed by atoms with Crippen LogP contribution in [0.3, 0.4) is 0 Å². The van der Waals surface area contributed by atoms with Crippen molar-refractivity contribution in [2.24, 2.45) is 5.73 Å². The van der Waals surface area contributed by atoms with Gasteiger partial charge in [0.25, 0.3) is 5.69 Å². The van der Waals surface area contributed by atoms with Crippen molar-refractivity contribution < 1.29 is 27.3 Å². The molecule has 27 heavy (non-hydrogen) atoms. The summed E-state index contributed by atoms with van der Waals surface area (Å²) in [6.07, 6.45) is 0. The molecular formula is C16H16FN3O6S. The van der Waals surface area contributed by atoms with Crippen molar-refractivity contribution >= 4 is 21.6 Å². The van der Waals surface area contributed by atoms with Gasteiger partial charge in [-0.25, -0.2) is 12.8 Å². The van der Waals surface area contributed by atoms with E-state index in [1.165, 1.54) is 19.2 Å². The topological polar surface area (TPSA) is 133 Å². The highest BCUT2D eigenvalue weighted by atomic mass is 32.2. The van der Waals surface area contributed by atoms with Gasteiger partial charge in [0.15, 0.2) is 0 Å². The SMILES string of the molecule is COc1ccc([N+](=O)[O-])cc1S(=O)(=O)N(C)C(C(N)=O)c1cccc(F)c1. The molecule has 0 radical (unpaired) electrons. The van der Waals surface area contributed by atoms with Crippen LogP contribution in [0.5, 0.6) is 5.75 Å². The van der Waals surface area contributed by atoms with E-state index in [1.54, 1.807) is 0 Å². The molecule has 0 fully saturated rings. The zero-order valence-corrected chi connectivity index (χ0v) is 15.1. The normalized spacial score (nSPS) is 12.6. The molecule has 0 bridgehead atoms. The van der Waals surface area contributed by atoms with Crippen molar-refractivity contribution in [2.45, 2.75) is 10.9 Å². The van der Waals surface area contributed by atoms with Gasteiger partial charge >= 0.3 is 0 Å². The van der Waals surface area contributed by atoms with Gasteiger partial charge in [0.2, 0.25) is 15.9 Å². The summed E-state index contributed by atoms with van der Waals surface area (Å²) in [5, 5.41) is 11.0. The van der Waals surface area contributed by atoms with Gasteiger partial charge in [-0.1, -0.05) is 12.1 Å². The lowest BCUT2D eigenvalue weighted by Crippen LogP contribution is -2.39. The van der Waals surface area contributed by atoms with Crippen molar-refractivity contribution in [3.05, 3.63) is 64.0 Å². The molecule has 1 atom stereocenters. The highest BCUT2D eigenvalue weighted by Gasteiger charge is 2.35. The minimum atomic E-state index is -4.46. The largest absolute Gasteiger partial charge is 0.495 e. The number of nitro groups is 1. The van der Waals surface area contributed by atoms with E-state index in [1.807, 2.05) is 0 Å². The second-order valence-corrected chi connectivity index (χ2v) is 7.44. The molecule has 0 aliphatic carbocycles. The number of benzene rings is 2. The van der Waals surface area contributed by atoms with E-state index in [9.17, 15) is 27.7 Å². The van der Waals surface area contributed by atoms with Gasteiger partial charge in [-0.3, -0.25) is 14.9 Å². The average molecular weight is 397 g/mol. The van der Waals surface area contributed by atoms with E-state index in [4.69, 9.17) is 10.5 Å². The maximum absolute atomic E-state index is 13.5. The van der Waals surface area contributed by atoms with E-state index < -0.39 is 43.3 Å². The summed E-state index contributed by atoms with van der Waals surface area (Å²) in [5.74, 6) is -1.89. The molecule has 0 aromatic heterocycles. The van der Waals surface area contributed by atoms with Crippen LogP contribution in [0, 0.1) is 15.9 Å². The minimum Gasteiger partial charge on any atom is -0.495 e. The fraction of sp³-hybridized carbons (Fsp3) is 0.188. The summed E-state index contributed by atoms with van der Waals surface area (Å²) in [4.78, 5) is 21.6. The summed E-state index contributed by atoms with van der Waals surface area (Å²) < 4.78 is 45.1. The van der Waals surface area contributed by atoms with Crippen LogP contribution in [-0.4, -0.2) is 37.7 Å². The molecule has 9 nitrogen and oxygen atoms in total. The molecule has 144 valence electrons. The third-order valence-electron chi connectivity index (χ3n) is 3.81. The Morgan fingerprint density at radius 1 is 1.30 bits per heavy atom. The fourth-order valence-electron chi connectivity index (χ4n) is 2.50. The van der Waals surface area contributed by atoms with Crippen LogP contribution in [-0.2, 0) is 14.8 Å². The molecule has 2 N–H and O–H groups in total. The van der Waals surface area contributed by atoms with Crippen LogP contribution in [0.25, 0.3) is 0 Å². The number of carbonyl (C=O) groups excluding carboxylic acids is 1. The van der Waals surface area contributed by atoms with Crippen LogP contribution in [0.4, 0.5) is 10.1 Å². The molecule has 0 saturated heterocycles. The quantitative estimate of drug-likeness (QED) is 0.557. The summed E-state index contributed by atoms with van der Waals surface area (Å²) in [6, 6.07) is 6.23. The predicted molar refractivity (Wildman–Crippen MR) is 92.9 cm³/mol. The van der Waals surface area contributed by atoms with Crippen LogP contribution < -0.4 is 10.5 Å². The lowest BCUT2D eigenvalue weighted by atomic mass is 10.1. The molecular weight excluding hydrogens is 381 g/mol. The van der Waals surface area contributed by atoms with Crippen molar-refractivity contribution in [3.8, 4) is 5.75 Å². The molecule has 0 heterocycles. The second-order valence-electron chi connectivity index (χ2n) is 5.47. The summed E-state index contributed by atoms with van der Waals surface area (Å²) in [7, 11) is -2.21. The molecule has 0 aliphatic heterocycles. The molecule has 2 rings (SSSR count). The summed E-state index contributed by atoms with van der Waals surface area (Å²) in [6.45, 7) is 0. The minimum absolute atomic E-state index is 0.0120. The molecule has 0 saturated carbocycles. The standard InChI is InChI=1S/C16H16FN3O6S/c1-19(15(16(18)21)10-4-3-5-11(17)8-10)27(24,25)14-9-12(20(22)23)6-7-13(14)26-2/h3-9,15H,1-2H3,(H2,18,21). The predicted octanol–water partition coefficient (Wildman–Crippen LogP) is 1.59. The van der Waals surface area contributed by atoms with Crippen molar-refractivity contribution in [3.63, 3.8) is 0 Å². The highest BCUT2D eigenvalue weighted by molar-refractivity contribution is 7.89. The number of carbonyl (C=O) groups is 1. The number of amides is 1. The zero-order chi connectivity index (χ0) is 20.4. The van der Waals surface area contributed by atoms with Gasteiger partial charge in [0, 0.05) is 19.2 Å². The van der Waals surface area contributed by atoms with Gasteiger partial charge in [-0.2, -0.15) is 4.31 Å². The number of nitrogens with two attached hydrogens (primary N) is 1. The number of non-ortho nitro benzene ring substituents is 1. The van der Waals surface area contributed by atoms with Crippen LogP contribution in [0.2, 0.25) is 0 Å². The number of nitro benzene ring substituents is 1. The van der Waals surface area contributed by atoms with Crippen molar-refractivity contribution in [1.29, 1.82) is 0 Å². The van der Waals surface area contributed by atoms with Crippen LogP contribution in [0.1, 0.15) is 11.6 Å². The number of primary amides is 1. The Labute approximate surface area is 154 Å². The maximum atomic E-state index is 13.5. The van der Waals surface area contributed by atoms with Gasteiger partial charge in [-0.15, -0.1) is 0 Å². The van der Waals surface area contributed by atoms with Crippen molar-refractivity contribution in [1.82, 2.24) is 4.31 Å². The number of hydrogen-bond donors (Lipinski definition) is 1. The third kappa shape index (κ3) is 4.04. The van der Waals surface area contributed by atoms with Crippen LogP contribution in [0.15, 0.2) is 47.4 Å². The van der Waals surface area contributed by atoms with E-state index >= 15 is 0 Å². The first-order chi connectivity index (χ1) is 12.6. The number of sulfonamides is 1. The molecule has 0 aliphatic rings. The summed E-state index contributed by atoms with van der Waals surface area (Å²) >= 11 is 0. The van der Waals surface area contributed by atoms with Gasteiger partial charge < -0.3 is 10.5 Å². The molecule has 1 amide bonds. The highest BCUT2D eigenvalue weighted by Crippen LogP contribution is 2.33. The molecule has 11 heteroatoms. The van der Waals surface area contributed by atoms with Gasteiger partial charge in [0.1, 0.15) is 22.5 Å². The maximum Gasteiger partial charge on any atom is 0.271 e. The average Bonchev–Trinajstić information content (AvgIpc) is 2.60. The third-order valence-corrected chi connectivity index (χ3v) is 5.66. The Balaban J connectivity index is 2.61. The first-order valence-corrected chi connectivity index (χ1v) is 8.89. The van der Waals surface area contributed by atoms with E-state index in [2.05, 4.69) is 0 Å². The Kier molecular flexibility index (Phi) is 5.76. The number of ether oxygens (including phenoxy) is 1. The fourth-order valence-corrected chi connectivity index (χ4v) is 3.99. The Morgan fingerprint density at radius 3 is 2.48 bits per heavy atom. The number of rotatable bonds is 7. The lowest BCUT2D eigenvalue weighted by Gasteiger charge is -2.26.